The van der Waals surface area contributed by atoms with E-state index in [9.17, 15) is 13.2 Å². The quantitative estimate of drug-likeness (QED) is 0.542. The first kappa shape index (κ1) is 22.3. The molecular weight excluding hydrogens is 458 g/mol. The van der Waals surface area contributed by atoms with E-state index in [0.717, 1.165) is 42.3 Å². The highest BCUT2D eigenvalue weighted by Gasteiger charge is 2.28. The normalized spacial score (nSPS) is 18.5. The molecule has 2 aromatic carbocycles. The fourth-order valence-corrected chi connectivity index (χ4v) is 6.83. The molecule has 0 saturated carbocycles. The SMILES string of the molecule is O=C(c1ccc(S(=O)(=O)N2CCCCC2)cc1)N1CCC(Oc2nc3ccccc3s2)CC1. The van der Waals surface area contributed by atoms with E-state index in [1.165, 1.54) is 0 Å². The Kier molecular flexibility index (Phi) is 6.36. The van der Waals surface area contributed by atoms with Gasteiger partial charge in [-0.15, -0.1) is 0 Å². The molecule has 0 aliphatic carbocycles. The van der Waals surface area contributed by atoms with Crippen molar-refractivity contribution in [3.63, 3.8) is 0 Å². The maximum atomic E-state index is 13.0. The standard InChI is InChI=1S/C24H27N3O4S2/c28-23(18-8-10-20(11-9-18)33(29,30)27-14-4-1-5-15-27)26-16-12-19(13-17-26)31-24-25-21-6-2-3-7-22(21)32-24/h2-3,6-11,19H,1,4-5,12-17H2. The number of hydrogen-bond acceptors (Lipinski definition) is 6. The van der Waals surface area contributed by atoms with E-state index in [2.05, 4.69) is 4.98 Å². The number of sulfonamides is 1. The lowest BCUT2D eigenvalue weighted by Crippen LogP contribution is -2.41. The number of aromatic nitrogens is 1. The number of ether oxygens (including phenoxy) is 1. The summed E-state index contributed by atoms with van der Waals surface area (Å²) in [6.45, 7) is 2.33. The number of hydrogen-bond donors (Lipinski definition) is 0. The third-order valence-electron chi connectivity index (χ3n) is 6.33. The van der Waals surface area contributed by atoms with Gasteiger partial charge < -0.3 is 9.64 Å². The highest BCUT2D eigenvalue weighted by Crippen LogP contribution is 2.30. The average molecular weight is 486 g/mol. The minimum absolute atomic E-state index is 0.0340. The molecule has 0 spiro atoms. The second-order valence-electron chi connectivity index (χ2n) is 8.55. The molecule has 0 atom stereocenters. The first-order chi connectivity index (χ1) is 16.0. The molecule has 1 amide bonds. The molecule has 2 aliphatic rings. The van der Waals surface area contributed by atoms with Crippen molar-refractivity contribution in [2.24, 2.45) is 0 Å². The molecule has 5 rings (SSSR count). The zero-order chi connectivity index (χ0) is 22.8. The predicted molar refractivity (Wildman–Crippen MR) is 128 cm³/mol. The van der Waals surface area contributed by atoms with Crippen molar-refractivity contribution in [3.8, 4) is 5.19 Å². The van der Waals surface area contributed by atoms with Crippen LogP contribution in [-0.4, -0.2) is 60.8 Å². The number of likely N-dealkylation sites (tertiary alicyclic amines) is 1. The number of carbonyl (C=O) groups excluding carboxylic acids is 1. The number of rotatable bonds is 5. The molecule has 0 unspecified atom stereocenters. The van der Waals surface area contributed by atoms with Crippen LogP contribution in [-0.2, 0) is 10.0 Å². The fourth-order valence-electron chi connectivity index (χ4n) is 4.43. The maximum absolute atomic E-state index is 13.0. The highest BCUT2D eigenvalue weighted by molar-refractivity contribution is 7.89. The molecule has 3 aromatic rings. The van der Waals surface area contributed by atoms with E-state index in [4.69, 9.17) is 4.74 Å². The van der Waals surface area contributed by atoms with Crippen molar-refractivity contribution in [2.75, 3.05) is 26.2 Å². The van der Waals surface area contributed by atoms with Gasteiger partial charge in [0, 0.05) is 44.6 Å². The number of benzene rings is 2. The molecule has 2 aliphatic heterocycles. The second-order valence-corrected chi connectivity index (χ2v) is 11.5. The van der Waals surface area contributed by atoms with Crippen LogP contribution < -0.4 is 4.74 Å². The molecule has 1 aromatic heterocycles. The van der Waals surface area contributed by atoms with Crippen molar-refractivity contribution in [3.05, 3.63) is 54.1 Å². The van der Waals surface area contributed by atoms with Gasteiger partial charge >= 0.3 is 0 Å². The van der Waals surface area contributed by atoms with Gasteiger partial charge in [0.2, 0.25) is 10.0 Å². The van der Waals surface area contributed by atoms with E-state index < -0.39 is 10.0 Å². The van der Waals surface area contributed by atoms with Gasteiger partial charge in [0.1, 0.15) is 6.10 Å². The summed E-state index contributed by atoms with van der Waals surface area (Å²) in [7, 11) is -3.49. The lowest BCUT2D eigenvalue weighted by molar-refractivity contribution is 0.0595. The van der Waals surface area contributed by atoms with Gasteiger partial charge in [0.05, 0.1) is 15.1 Å². The third-order valence-corrected chi connectivity index (χ3v) is 9.17. The molecule has 174 valence electrons. The molecule has 9 heteroatoms. The first-order valence-electron chi connectivity index (χ1n) is 11.4. The topological polar surface area (TPSA) is 79.8 Å². The van der Waals surface area contributed by atoms with Crippen LogP contribution in [0.2, 0.25) is 0 Å². The van der Waals surface area contributed by atoms with Gasteiger partial charge in [-0.2, -0.15) is 4.31 Å². The molecular formula is C24H27N3O4S2. The molecule has 2 saturated heterocycles. The second kappa shape index (κ2) is 9.40. The summed E-state index contributed by atoms with van der Waals surface area (Å²) in [4.78, 5) is 19.6. The van der Waals surface area contributed by atoms with Crippen molar-refractivity contribution in [1.29, 1.82) is 0 Å². The smallest absolute Gasteiger partial charge is 0.274 e. The Labute approximate surface area is 198 Å². The number of amides is 1. The van der Waals surface area contributed by atoms with Crippen LogP contribution in [0.5, 0.6) is 5.19 Å². The minimum Gasteiger partial charge on any atom is -0.467 e. The first-order valence-corrected chi connectivity index (χ1v) is 13.7. The lowest BCUT2D eigenvalue weighted by Gasteiger charge is -2.31. The molecule has 0 radical (unpaired) electrons. The summed E-state index contributed by atoms with van der Waals surface area (Å²) < 4.78 is 34.4. The van der Waals surface area contributed by atoms with Crippen molar-refractivity contribution >= 4 is 37.5 Å². The number of thiazole rings is 1. The Balaban J connectivity index is 1.18. The Morgan fingerprint density at radius 1 is 0.939 bits per heavy atom. The van der Waals surface area contributed by atoms with E-state index >= 15 is 0 Å². The van der Waals surface area contributed by atoms with Crippen LogP contribution in [0.1, 0.15) is 42.5 Å². The number of para-hydroxylation sites is 1. The third kappa shape index (κ3) is 4.76. The Morgan fingerprint density at radius 2 is 1.64 bits per heavy atom. The van der Waals surface area contributed by atoms with Gasteiger partial charge in [0.25, 0.3) is 11.1 Å². The van der Waals surface area contributed by atoms with E-state index in [1.807, 2.05) is 29.2 Å². The van der Waals surface area contributed by atoms with Crippen LogP contribution >= 0.6 is 11.3 Å². The zero-order valence-electron chi connectivity index (χ0n) is 18.4. The molecule has 2 fully saturated rings. The number of carbonyl (C=O) groups is 1. The lowest BCUT2D eigenvalue weighted by atomic mass is 10.1. The Morgan fingerprint density at radius 3 is 2.33 bits per heavy atom. The van der Waals surface area contributed by atoms with Gasteiger partial charge in [0.15, 0.2) is 0 Å². The van der Waals surface area contributed by atoms with E-state index in [0.29, 0.717) is 36.9 Å². The van der Waals surface area contributed by atoms with Gasteiger partial charge in [-0.05, 0) is 49.2 Å². The van der Waals surface area contributed by atoms with Crippen LogP contribution in [0.3, 0.4) is 0 Å². The molecule has 7 nitrogen and oxygen atoms in total. The predicted octanol–water partition coefficient (Wildman–Crippen LogP) is 4.15. The van der Waals surface area contributed by atoms with Crippen molar-refractivity contribution in [1.82, 2.24) is 14.2 Å². The van der Waals surface area contributed by atoms with Crippen molar-refractivity contribution in [2.45, 2.75) is 43.1 Å². The minimum atomic E-state index is -3.49. The maximum Gasteiger partial charge on any atom is 0.274 e. The zero-order valence-corrected chi connectivity index (χ0v) is 20.0. The summed E-state index contributed by atoms with van der Waals surface area (Å²) in [5, 5.41) is 0.673. The van der Waals surface area contributed by atoms with E-state index in [1.54, 1.807) is 39.9 Å². The molecule has 0 bridgehead atoms. The van der Waals surface area contributed by atoms with Crippen molar-refractivity contribution < 1.29 is 17.9 Å². The van der Waals surface area contributed by atoms with Crippen LogP contribution in [0, 0.1) is 0 Å². The summed E-state index contributed by atoms with van der Waals surface area (Å²) in [6, 6.07) is 14.3. The van der Waals surface area contributed by atoms with Gasteiger partial charge in [-0.3, -0.25) is 4.79 Å². The molecule has 0 N–H and O–H groups in total. The Bertz CT molecular complexity index is 1190. The molecule has 3 heterocycles. The van der Waals surface area contributed by atoms with Crippen LogP contribution in [0.15, 0.2) is 53.4 Å². The Hall–Kier alpha value is -2.49. The highest BCUT2D eigenvalue weighted by atomic mass is 32.2. The number of nitrogens with zero attached hydrogens (tertiary/aromatic N) is 3. The summed E-state index contributed by atoms with van der Waals surface area (Å²) in [6.07, 6.45) is 4.38. The van der Waals surface area contributed by atoms with Gasteiger partial charge in [-0.1, -0.05) is 29.9 Å². The van der Waals surface area contributed by atoms with E-state index in [-0.39, 0.29) is 16.9 Å². The average Bonchev–Trinajstić information content (AvgIpc) is 3.27. The summed E-state index contributed by atoms with van der Waals surface area (Å²) in [5.41, 5.74) is 1.45. The number of fused-ring (bicyclic) bond motifs is 1. The monoisotopic (exact) mass is 485 g/mol. The summed E-state index contributed by atoms with van der Waals surface area (Å²) in [5.74, 6) is -0.0737. The van der Waals surface area contributed by atoms with Crippen LogP contribution in [0.25, 0.3) is 10.2 Å². The number of piperidine rings is 2. The van der Waals surface area contributed by atoms with Crippen LogP contribution in [0.4, 0.5) is 0 Å². The van der Waals surface area contributed by atoms with Gasteiger partial charge in [-0.25, -0.2) is 13.4 Å². The summed E-state index contributed by atoms with van der Waals surface area (Å²) >= 11 is 1.54. The molecule has 33 heavy (non-hydrogen) atoms. The fraction of sp³-hybridized carbons (Fsp3) is 0.417. The largest absolute Gasteiger partial charge is 0.467 e.